The number of aryl methyl sites for hydroxylation is 1. The number of rotatable bonds is 6. The summed E-state index contributed by atoms with van der Waals surface area (Å²) in [6.45, 7) is 30.4. The van der Waals surface area contributed by atoms with E-state index in [-0.39, 0.29) is 52.0 Å². The van der Waals surface area contributed by atoms with E-state index in [9.17, 15) is 0 Å². The predicted molar refractivity (Wildman–Crippen MR) is 211 cm³/mol. The molecule has 0 saturated heterocycles. The highest BCUT2D eigenvalue weighted by Crippen LogP contribution is 2.00. The zero-order valence-electron chi connectivity index (χ0n) is 26.0. The van der Waals surface area contributed by atoms with E-state index < -0.39 is 0 Å². The van der Waals surface area contributed by atoms with E-state index in [1.54, 1.807) is 0 Å². The van der Waals surface area contributed by atoms with Gasteiger partial charge in [-0.2, -0.15) is 0 Å². The van der Waals surface area contributed by atoms with Gasteiger partial charge in [0, 0.05) is 5.88 Å². The molecule has 0 fully saturated rings. The molecule has 0 radical (unpaired) electrons. The normalized spacial score (nSPS) is 6.92. The van der Waals surface area contributed by atoms with E-state index in [2.05, 4.69) is 120 Å². The molecular weight excluding hydrogens is 504 g/mol. The fraction of sp³-hybridized carbons (Fsp3) is 0.846. The summed E-state index contributed by atoms with van der Waals surface area (Å²) < 4.78 is 0. The van der Waals surface area contributed by atoms with Crippen LogP contribution >= 0.6 is 11.6 Å². The smallest absolute Gasteiger partial charge is 0.0220 e. The van der Waals surface area contributed by atoms with Crippen molar-refractivity contribution < 1.29 is 0 Å². The first kappa shape index (κ1) is 83.4. The highest BCUT2D eigenvalue weighted by atomic mass is 35.5. The predicted octanol–water partition coefficient (Wildman–Crippen LogP) is 17.5. The lowest BCUT2D eigenvalue weighted by Crippen LogP contribution is -1.78. The minimum atomic E-state index is 0. The van der Waals surface area contributed by atoms with Crippen LogP contribution in [0, 0.1) is 11.8 Å². The topological polar surface area (TPSA) is 0 Å². The Hall–Kier alpha value is -0.490. The molecule has 0 unspecified atom stereocenters. The Morgan fingerprint density at radius 1 is 0.500 bits per heavy atom. The van der Waals surface area contributed by atoms with E-state index in [0.29, 0.717) is 0 Å². The number of benzene rings is 1. The molecule has 40 heavy (non-hydrogen) atoms. The zero-order chi connectivity index (χ0) is 27.3. The first-order valence-corrected chi connectivity index (χ1v) is 14.7. The van der Waals surface area contributed by atoms with Crippen LogP contribution < -0.4 is 0 Å². The molecule has 1 rings (SSSR count). The monoisotopic (exact) mass is 601 g/mol. The van der Waals surface area contributed by atoms with Crippen LogP contribution in [0.4, 0.5) is 0 Å². The summed E-state index contributed by atoms with van der Waals surface area (Å²) in [4.78, 5) is 0. The third-order valence-electron chi connectivity index (χ3n) is 3.39. The van der Waals surface area contributed by atoms with Gasteiger partial charge in [-0.05, 0) is 30.2 Å². The molecule has 0 saturated carbocycles. The zero-order valence-corrected chi connectivity index (χ0v) is 26.7. The van der Waals surface area contributed by atoms with E-state index in [1.807, 2.05) is 6.92 Å². The lowest BCUT2D eigenvalue weighted by molar-refractivity contribution is 0.626. The molecule has 0 spiro atoms. The highest BCUT2D eigenvalue weighted by Gasteiger charge is 1.84. The molecule has 0 aliphatic carbocycles. The molecule has 0 N–H and O–H groups in total. The molecular formula is C39H97Cl. The van der Waals surface area contributed by atoms with Crippen molar-refractivity contribution >= 4 is 11.6 Å². The van der Waals surface area contributed by atoms with Gasteiger partial charge in [0.15, 0.2) is 0 Å². The molecule has 0 amide bonds. The second kappa shape index (κ2) is 98.0. The Bertz CT molecular complexity index is 312. The Balaban J connectivity index is -0.0000000194. The van der Waals surface area contributed by atoms with Crippen molar-refractivity contribution in [1.82, 2.24) is 0 Å². The highest BCUT2D eigenvalue weighted by molar-refractivity contribution is 6.17. The molecule has 260 valence electrons. The van der Waals surface area contributed by atoms with Crippen LogP contribution in [0.25, 0.3) is 0 Å². The molecule has 0 nitrogen and oxygen atoms in total. The van der Waals surface area contributed by atoms with Crippen LogP contribution in [0.2, 0.25) is 0 Å². The van der Waals surface area contributed by atoms with E-state index in [1.165, 1.54) is 56.9 Å². The van der Waals surface area contributed by atoms with Gasteiger partial charge in [-0.1, -0.05) is 224 Å². The standard InChI is InChI=1S/C9H12.C5H12.3C4H10.C3H7Cl.C3H8.7CH4/c1-2-6-9-7-4-3-5-8-9;1-4-5(2)3;1-4(2)3;2*1-3-4-2;1-2-3-4;1-3-2;;;;;;;/h3-5,7-8H,2,6H2,1H3;5H,4H2,1-3H3;4H,1-3H3;2*3-4H2,1-2H3;2-3H2,1H3;3H2,1-2H3;7*1H4. The van der Waals surface area contributed by atoms with Gasteiger partial charge in [-0.15, -0.1) is 11.6 Å². The van der Waals surface area contributed by atoms with Gasteiger partial charge in [-0.25, -0.2) is 0 Å². The van der Waals surface area contributed by atoms with Gasteiger partial charge >= 0.3 is 0 Å². The maximum Gasteiger partial charge on any atom is 0.0220 e. The summed E-state index contributed by atoms with van der Waals surface area (Å²) in [5, 5.41) is 0. The third kappa shape index (κ3) is 208. The van der Waals surface area contributed by atoms with Gasteiger partial charge in [-0.3, -0.25) is 0 Å². The average Bonchev–Trinajstić information content (AvgIpc) is 2.81. The molecule has 1 aromatic carbocycles. The maximum absolute atomic E-state index is 5.19. The Morgan fingerprint density at radius 2 is 0.725 bits per heavy atom. The lowest BCUT2D eigenvalue weighted by atomic mass is 10.1. The largest absolute Gasteiger partial charge is 0.127 e. The molecule has 0 aliphatic heterocycles. The minimum absolute atomic E-state index is 0. The Labute approximate surface area is 271 Å². The average molecular weight is 602 g/mol. The van der Waals surface area contributed by atoms with Crippen LogP contribution in [0.3, 0.4) is 0 Å². The van der Waals surface area contributed by atoms with Gasteiger partial charge < -0.3 is 0 Å². The number of halogens is 1. The van der Waals surface area contributed by atoms with E-state index in [0.717, 1.165) is 24.1 Å². The summed E-state index contributed by atoms with van der Waals surface area (Å²) in [7, 11) is 0. The third-order valence-corrected chi connectivity index (χ3v) is 3.76. The van der Waals surface area contributed by atoms with Crippen molar-refractivity contribution in [1.29, 1.82) is 0 Å². The maximum atomic E-state index is 5.19. The molecule has 0 aromatic heterocycles. The van der Waals surface area contributed by atoms with Crippen molar-refractivity contribution in [2.24, 2.45) is 11.8 Å². The summed E-state index contributed by atoms with van der Waals surface area (Å²) >= 11 is 5.19. The molecule has 0 bridgehead atoms. The first-order chi connectivity index (χ1) is 15.6. The number of alkyl halides is 1. The number of hydrogen-bond acceptors (Lipinski definition) is 0. The van der Waals surface area contributed by atoms with Crippen LogP contribution in [-0.4, -0.2) is 5.88 Å². The van der Waals surface area contributed by atoms with Crippen LogP contribution in [0.15, 0.2) is 30.3 Å². The Morgan fingerprint density at radius 3 is 0.850 bits per heavy atom. The van der Waals surface area contributed by atoms with Crippen molar-refractivity contribution in [3.05, 3.63) is 35.9 Å². The fourth-order valence-corrected chi connectivity index (χ4v) is 0.933. The first-order valence-electron chi connectivity index (χ1n) is 14.2. The fourth-order valence-electron chi connectivity index (χ4n) is 0.933. The quantitative estimate of drug-likeness (QED) is 0.285. The molecule has 1 aromatic rings. The van der Waals surface area contributed by atoms with Crippen LogP contribution in [-0.2, 0) is 6.42 Å². The molecule has 0 atom stereocenters. The van der Waals surface area contributed by atoms with Crippen molar-refractivity contribution in [2.45, 2.75) is 207 Å². The number of unbranched alkanes of at least 4 members (excludes halogenated alkanes) is 2. The summed E-state index contributed by atoms with van der Waals surface area (Å²) in [5.74, 6) is 2.51. The van der Waals surface area contributed by atoms with Crippen LogP contribution in [0.1, 0.15) is 206 Å². The summed E-state index contributed by atoms with van der Waals surface area (Å²) in [5.41, 5.74) is 1.44. The molecule has 1 heteroatoms. The van der Waals surface area contributed by atoms with Crippen molar-refractivity contribution in [3.63, 3.8) is 0 Å². The molecule has 0 heterocycles. The second-order valence-corrected chi connectivity index (χ2v) is 9.54. The van der Waals surface area contributed by atoms with Crippen molar-refractivity contribution in [2.75, 3.05) is 5.88 Å². The van der Waals surface area contributed by atoms with Crippen LogP contribution in [0.5, 0.6) is 0 Å². The lowest BCUT2D eigenvalue weighted by Gasteiger charge is -1.93. The summed E-state index contributed by atoms with van der Waals surface area (Å²) in [6, 6.07) is 10.6. The van der Waals surface area contributed by atoms with Gasteiger partial charge in [0.25, 0.3) is 0 Å². The minimum Gasteiger partial charge on any atom is -0.127 e. The Kier molecular flexibility index (Phi) is 204. The van der Waals surface area contributed by atoms with Gasteiger partial charge in [0.2, 0.25) is 0 Å². The SMILES string of the molecule is C.C.C.C.C.C.C.CC(C)C.CCC.CCC(C)C.CCCC.CCCC.CCCCl.CCCc1ccccc1. The van der Waals surface area contributed by atoms with E-state index in [4.69, 9.17) is 11.6 Å². The van der Waals surface area contributed by atoms with Gasteiger partial charge in [0.05, 0.1) is 0 Å². The number of hydrogen-bond donors (Lipinski definition) is 0. The van der Waals surface area contributed by atoms with Gasteiger partial charge in [0.1, 0.15) is 0 Å². The molecule has 0 aliphatic rings. The van der Waals surface area contributed by atoms with Crippen molar-refractivity contribution in [3.8, 4) is 0 Å². The second-order valence-electron chi connectivity index (χ2n) is 9.17. The van der Waals surface area contributed by atoms with E-state index >= 15 is 0 Å². The summed E-state index contributed by atoms with van der Waals surface area (Å²) in [6.07, 6.45) is 11.4.